The molecular weight excluding hydrogens is 240 g/mol. The number of nitrogens with one attached hydrogen (secondary N) is 1. The van der Waals surface area contributed by atoms with Crippen LogP contribution >= 0.6 is 0 Å². The molecule has 0 aromatic carbocycles. The summed E-state index contributed by atoms with van der Waals surface area (Å²) in [6.07, 6.45) is 0.931. The van der Waals surface area contributed by atoms with Gasteiger partial charge >= 0.3 is 0 Å². The molecule has 5 nitrogen and oxygen atoms in total. The van der Waals surface area contributed by atoms with E-state index in [0.29, 0.717) is 12.5 Å². The predicted molar refractivity (Wildman–Crippen MR) is 64.9 cm³/mol. The van der Waals surface area contributed by atoms with Crippen LogP contribution in [0.2, 0.25) is 0 Å². The molecule has 0 aromatic rings. The van der Waals surface area contributed by atoms with Crippen LogP contribution in [0.3, 0.4) is 0 Å². The minimum absolute atomic E-state index is 0.261. The molecule has 1 amide bonds. The molecule has 0 spiro atoms. The molecule has 17 heavy (non-hydrogen) atoms. The molecule has 2 aliphatic rings. The standard InChI is InChI=1S/C11H20N2O3S/c1-8-6-12-5-4-9(8)7-13-10(14)11(2,3)17(13,15)16/h8-9,12H,4-7H2,1-3H3. The quantitative estimate of drug-likeness (QED) is 0.769. The van der Waals surface area contributed by atoms with Gasteiger partial charge in [-0.05, 0) is 45.2 Å². The summed E-state index contributed by atoms with van der Waals surface area (Å²) in [5, 5.41) is 3.27. The number of sulfonamides is 1. The number of hydrogen-bond acceptors (Lipinski definition) is 4. The molecule has 2 fully saturated rings. The lowest BCUT2D eigenvalue weighted by atomic mass is 9.88. The van der Waals surface area contributed by atoms with Crippen LogP contribution in [-0.2, 0) is 14.8 Å². The predicted octanol–water partition coefficient (Wildman–Crippen LogP) is 0.183. The van der Waals surface area contributed by atoms with Crippen molar-refractivity contribution in [3.63, 3.8) is 0 Å². The van der Waals surface area contributed by atoms with E-state index in [1.54, 1.807) is 0 Å². The van der Waals surface area contributed by atoms with E-state index < -0.39 is 14.8 Å². The van der Waals surface area contributed by atoms with E-state index in [4.69, 9.17) is 0 Å². The van der Waals surface area contributed by atoms with Crippen molar-refractivity contribution in [3.05, 3.63) is 0 Å². The Morgan fingerprint density at radius 3 is 2.65 bits per heavy atom. The zero-order valence-corrected chi connectivity index (χ0v) is 11.4. The summed E-state index contributed by atoms with van der Waals surface area (Å²) in [4.78, 5) is 11.8. The van der Waals surface area contributed by atoms with Crippen molar-refractivity contribution in [2.45, 2.75) is 31.9 Å². The minimum atomic E-state index is -3.41. The highest BCUT2D eigenvalue weighted by Crippen LogP contribution is 2.36. The maximum atomic E-state index is 12.0. The summed E-state index contributed by atoms with van der Waals surface area (Å²) >= 11 is 0. The number of amides is 1. The van der Waals surface area contributed by atoms with E-state index in [-0.39, 0.29) is 11.8 Å². The summed E-state index contributed by atoms with van der Waals surface area (Å²) in [7, 11) is -3.41. The third kappa shape index (κ3) is 1.78. The van der Waals surface area contributed by atoms with E-state index in [9.17, 15) is 13.2 Å². The summed E-state index contributed by atoms with van der Waals surface area (Å²) in [5.74, 6) is 0.435. The molecule has 2 atom stereocenters. The maximum absolute atomic E-state index is 12.0. The van der Waals surface area contributed by atoms with Gasteiger partial charge < -0.3 is 5.32 Å². The first kappa shape index (κ1) is 12.8. The van der Waals surface area contributed by atoms with E-state index in [1.165, 1.54) is 13.8 Å². The van der Waals surface area contributed by atoms with Gasteiger partial charge in [0.2, 0.25) is 0 Å². The van der Waals surface area contributed by atoms with Gasteiger partial charge in [-0.3, -0.25) is 4.79 Å². The normalized spacial score (nSPS) is 35.5. The fourth-order valence-electron chi connectivity index (χ4n) is 2.49. The number of carbonyl (C=O) groups is 1. The summed E-state index contributed by atoms with van der Waals surface area (Å²) in [6, 6.07) is 0. The Hall–Kier alpha value is -0.620. The Bertz CT molecular complexity index is 430. The topological polar surface area (TPSA) is 66.5 Å². The third-order valence-electron chi connectivity index (χ3n) is 4.04. The highest BCUT2D eigenvalue weighted by atomic mass is 32.2. The van der Waals surface area contributed by atoms with E-state index in [2.05, 4.69) is 12.2 Å². The number of hydrogen-bond donors (Lipinski definition) is 1. The second-order valence-corrected chi connectivity index (χ2v) is 7.99. The Morgan fingerprint density at radius 2 is 2.12 bits per heavy atom. The third-order valence-corrected chi connectivity index (χ3v) is 6.40. The molecule has 2 aliphatic heterocycles. The van der Waals surface area contributed by atoms with Crippen molar-refractivity contribution in [1.29, 1.82) is 0 Å². The lowest BCUT2D eigenvalue weighted by Crippen LogP contribution is -2.68. The molecular formula is C11H20N2O3S. The van der Waals surface area contributed by atoms with Crippen molar-refractivity contribution in [1.82, 2.24) is 9.62 Å². The first-order chi connectivity index (χ1) is 7.78. The van der Waals surface area contributed by atoms with Gasteiger partial charge in [-0.15, -0.1) is 0 Å². The average molecular weight is 260 g/mol. The molecule has 1 N–H and O–H groups in total. The summed E-state index contributed by atoms with van der Waals surface area (Å²) in [5.41, 5.74) is 0. The summed E-state index contributed by atoms with van der Waals surface area (Å²) < 4.78 is 23.8. The highest BCUT2D eigenvalue weighted by Gasteiger charge is 2.60. The molecule has 98 valence electrons. The van der Waals surface area contributed by atoms with Crippen molar-refractivity contribution in [2.75, 3.05) is 19.6 Å². The van der Waals surface area contributed by atoms with Gasteiger partial charge in [0.15, 0.2) is 4.75 Å². The lowest BCUT2D eigenvalue weighted by Gasteiger charge is -2.45. The number of piperidine rings is 1. The fourth-order valence-corrected chi connectivity index (χ4v) is 4.07. The zero-order chi connectivity index (χ0) is 12.8. The van der Waals surface area contributed by atoms with Crippen molar-refractivity contribution in [3.8, 4) is 0 Å². The maximum Gasteiger partial charge on any atom is 0.258 e. The molecule has 2 rings (SSSR count). The number of carbonyl (C=O) groups excluding carboxylic acids is 1. The largest absolute Gasteiger partial charge is 0.316 e. The minimum Gasteiger partial charge on any atom is -0.316 e. The zero-order valence-electron chi connectivity index (χ0n) is 10.6. The first-order valence-electron chi connectivity index (χ1n) is 6.06. The van der Waals surface area contributed by atoms with Crippen LogP contribution in [0.15, 0.2) is 0 Å². The Morgan fingerprint density at radius 1 is 1.47 bits per heavy atom. The molecule has 0 saturated carbocycles. The smallest absolute Gasteiger partial charge is 0.258 e. The second-order valence-electron chi connectivity index (χ2n) is 5.58. The van der Waals surface area contributed by atoms with E-state index in [0.717, 1.165) is 23.8 Å². The number of nitrogens with zero attached hydrogens (tertiary/aromatic N) is 1. The molecule has 0 aromatic heterocycles. The monoisotopic (exact) mass is 260 g/mol. The molecule has 2 unspecified atom stereocenters. The fraction of sp³-hybridized carbons (Fsp3) is 0.909. The van der Waals surface area contributed by atoms with Gasteiger partial charge in [0.05, 0.1) is 0 Å². The van der Waals surface area contributed by atoms with Crippen molar-refractivity contribution >= 4 is 15.9 Å². The van der Waals surface area contributed by atoms with Crippen LogP contribution in [0.4, 0.5) is 0 Å². The van der Waals surface area contributed by atoms with E-state index in [1.807, 2.05) is 0 Å². The van der Waals surface area contributed by atoms with E-state index >= 15 is 0 Å². The SMILES string of the molecule is CC1CNCCC1CN1C(=O)C(C)(C)S1(=O)=O. The van der Waals surface area contributed by atoms with Crippen LogP contribution in [0, 0.1) is 11.8 Å². The van der Waals surface area contributed by atoms with Crippen LogP contribution < -0.4 is 5.32 Å². The van der Waals surface area contributed by atoms with Gasteiger partial charge in [0.1, 0.15) is 0 Å². The lowest BCUT2D eigenvalue weighted by molar-refractivity contribution is -0.132. The van der Waals surface area contributed by atoms with Crippen LogP contribution in [-0.4, -0.2) is 43.0 Å². The first-order valence-corrected chi connectivity index (χ1v) is 7.50. The van der Waals surface area contributed by atoms with Gasteiger partial charge in [0.25, 0.3) is 15.9 Å². The van der Waals surface area contributed by atoms with Gasteiger partial charge in [-0.1, -0.05) is 6.92 Å². The van der Waals surface area contributed by atoms with Crippen LogP contribution in [0.1, 0.15) is 27.2 Å². The molecule has 0 radical (unpaired) electrons. The summed E-state index contributed by atoms with van der Waals surface area (Å²) in [6.45, 7) is 7.21. The molecule has 0 bridgehead atoms. The Balaban J connectivity index is 2.08. The van der Waals surface area contributed by atoms with Crippen molar-refractivity contribution < 1.29 is 13.2 Å². The van der Waals surface area contributed by atoms with Gasteiger partial charge in [-0.2, -0.15) is 0 Å². The Kier molecular flexibility index (Phi) is 2.98. The molecule has 6 heteroatoms. The Labute approximate surface area is 103 Å². The van der Waals surface area contributed by atoms with Gasteiger partial charge in [-0.25, -0.2) is 12.7 Å². The molecule has 2 heterocycles. The van der Waals surface area contributed by atoms with Crippen molar-refractivity contribution in [2.24, 2.45) is 11.8 Å². The molecule has 0 aliphatic carbocycles. The average Bonchev–Trinajstić information content (AvgIpc) is 2.26. The second kappa shape index (κ2) is 3.95. The number of rotatable bonds is 2. The van der Waals surface area contributed by atoms with Crippen LogP contribution in [0.5, 0.6) is 0 Å². The molecule has 2 saturated heterocycles. The highest BCUT2D eigenvalue weighted by molar-refractivity contribution is 7.94. The van der Waals surface area contributed by atoms with Crippen LogP contribution in [0.25, 0.3) is 0 Å². The van der Waals surface area contributed by atoms with Gasteiger partial charge in [0, 0.05) is 6.54 Å².